The molecular weight excluding hydrogens is 336 g/mol. The molecule has 0 unspecified atom stereocenters. The van der Waals surface area contributed by atoms with E-state index < -0.39 is 0 Å². The molecule has 2 heterocycles. The topological polar surface area (TPSA) is 51.1 Å². The molecule has 3 aliphatic rings. The zero-order valence-electron chi connectivity index (χ0n) is 15.7. The maximum atomic E-state index is 13.0. The highest BCUT2D eigenvalue weighted by atomic mass is 16.1. The minimum absolute atomic E-state index is 0.201. The Bertz CT molecular complexity index is 996. The van der Waals surface area contributed by atoms with E-state index in [1.165, 1.54) is 5.52 Å². The molecule has 0 saturated heterocycles. The summed E-state index contributed by atoms with van der Waals surface area (Å²) in [5, 5.41) is 4.65. The van der Waals surface area contributed by atoms with Crippen molar-refractivity contribution in [2.75, 3.05) is 0 Å². The van der Waals surface area contributed by atoms with E-state index >= 15 is 0 Å². The van der Waals surface area contributed by atoms with E-state index in [9.17, 15) is 9.59 Å². The number of fused-ring (bicyclic) bond motifs is 1. The minimum atomic E-state index is -0.213. The molecular formula is C23H24N2O2. The number of para-hydroxylation sites is 1. The van der Waals surface area contributed by atoms with Crippen molar-refractivity contribution in [3.8, 4) is 0 Å². The molecule has 138 valence electrons. The standard InChI is InChI=1S/C23H24N2O2/c1-2-25-13-15(14-7-3-4-10-18(14)25)21-22-16(8-5-11-19(22)26)24-17-9-6-12-20(27)23(17)21/h3-4,7,10,13,21,24H,2,5-6,8-9,11-12H2,1H3. The summed E-state index contributed by atoms with van der Waals surface area (Å²) in [6.45, 7) is 3.00. The van der Waals surface area contributed by atoms with Gasteiger partial charge in [0.1, 0.15) is 0 Å². The van der Waals surface area contributed by atoms with Crippen LogP contribution in [0.3, 0.4) is 0 Å². The van der Waals surface area contributed by atoms with Gasteiger partial charge in [0.15, 0.2) is 11.6 Å². The summed E-state index contributed by atoms with van der Waals surface area (Å²) in [4.78, 5) is 25.9. The summed E-state index contributed by atoms with van der Waals surface area (Å²) in [5.74, 6) is 0.188. The normalized spacial score (nSPS) is 20.8. The molecule has 0 fully saturated rings. The van der Waals surface area contributed by atoms with Gasteiger partial charge >= 0.3 is 0 Å². The molecule has 27 heavy (non-hydrogen) atoms. The molecule has 1 aromatic carbocycles. The number of rotatable bonds is 2. The Morgan fingerprint density at radius 3 is 2.22 bits per heavy atom. The number of nitrogens with zero attached hydrogens (tertiary/aromatic N) is 1. The third-order valence-corrected chi connectivity index (χ3v) is 6.26. The second kappa shape index (κ2) is 6.22. The molecule has 2 aromatic rings. The highest BCUT2D eigenvalue weighted by Gasteiger charge is 2.41. The molecule has 0 spiro atoms. The van der Waals surface area contributed by atoms with Crippen molar-refractivity contribution in [1.82, 2.24) is 9.88 Å². The molecule has 1 aromatic heterocycles. The molecule has 4 nitrogen and oxygen atoms in total. The van der Waals surface area contributed by atoms with Gasteiger partial charge in [-0.2, -0.15) is 0 Å². The Morgan fingerprint density at radius 2 is 1.59 bits per heavy atom. The minimum Gasteiger partial charge on any atom is -0.362 e. The lowest BCUT2D eigenvalue weighted by atomic mass is 9.71. The van der Waals surface area contributed by atoms with Gasteiger partial charge in [-0.15, -0.1) is 0 Å². The van der Waals surface area contributed by atoms with E-state index in [4.69, 9.17) is 0 Å². The summed E-state index contributed by atoms with van der Waals surface area (Å²) in [6, 6.07) is 8.34. The van der Waals surface area contributed by atoms with Crippen LogP contribution in [0.25, 0.3) is 10.9 Å². The first kappa shape index (κ1) is 16.5. The number of hydrogen-bond acceptors (Lipinski definition) is 3. The first-order chi connectivity index (χ1) is 13.2. The van der Waals surface area contributed by atoms with E-state index in [-0.39, 0.29) is 17.5 Å². The van der Waals surface area contributed by atoms with Crippen LogP contribution in [0.5, 0.6) is 0 Å². The zero-order valence-corrected chi connectivity index (χ0v) is 15.7. The number of benzene rings is 1. The van der Waals surface area contributed by atoms with Crippen LogP contribution < -0.4 is 5.32 Å². The highest BCUT2D eigenvalue weighted by Crippen LogP contribution is 2.47. The zero-order chi connectivity index (χ0) is 18.5. The number of Topliss-reactive ketones (excluding diaryl/α,β-unsaturated/α-hetero) is 2. The van der Waals surface area contributed by atoms with Crippen molar-refractivity contribution in [1.29, 1.82) is 0 Å². The molecule has 2 aliphatic carbocycles. The van der Waals surface area contributed by atoms with Crippen molar-refractivity contribution < 1.29 is 9.59 Å². The molecule has 1 aliphatic heterocycles. The van der Waals surface area contributed by atoms with Gasteiger partial charge in [-0.1, -0.05) is 18.2 Å². The van der Waals surface area contributed by atoms with Gasteiger partial charge in [0, 0.05) is 64.9 Å². The van der Waals surface area contributed by atoms with E-state index in [0.717, 1.165) is 65.7 Å². The number of ketones is 2. The van der Waals surface area contributed by atoms with Crippen molar-refractivity contribution >= 4 is 22.5 Å². The summed E-state index contributed by atoms with van der Waals surface area (Å²) in [7, 11) is 0. The predicted molar refractivity (Wildman–Crippen MR) is 105 cm³/mol. The van der Waals surface area contributed by atoms with Gasteiger partial charge in [0.25, 0.3) is 0 Å². The third kappa shape index (κ3) is 2.43. The van der Waals surface area contributed by atoms with Gasteiger partial charge in [-0.25, -0.2) is 0 Å². The molecule has 0 amide bonds. The van der Waals surface area contributed by atoms with Crippen LogP contribution in [0.1, 0.15) is 56.9 Å². The van der Waals surface area contributed by atoms with Gasteiger partial charge in [-0.3, -0.25) is 9.59 Å². The quantitative estimate of drug-likeness (QED) is 0.866. The number of nitrogens with one attached hydrogen (secondary N) is 1. The van der Waals surface area contributed by atoms with Gasteiger partial charge < -0.3 is 9.88 Å². The Labute approximate surface area is 158 Å². The summed E-state index contributed by atoms with van der Waals surface area (Å²) in [6.07, 6.45) is 6.92. The van der Waals surface area contributed by atoms with E-state index in [2.05, 4.69) is 35.1 Å². The number of carbonyl (C=O) groups excluding carboxylic acids is 2. The average Bonchev–Trinajstić information content (AvgIpc) is 3.05. The van der Waals surface area contributed by atoms with Crippen molar-refractivity contribution in [2.24, 2.45) is 0 Å². The van der Waals surface area contributed by atoms with Crippen LogP contribution in [0.4, 0.5) is 0 Å². The maximum Gasteiger partial charge on any atom is 0.161 e. The summed E-state index contributed by atoms with van der Waals surface area (Å²) in [5.41, 5.74) is 6.07. The number of aromatic nitrogens is 1. The monoisotopic (exact) mass is 360 g/mol. The van der Waals surface area contributed by atoms with Crippen LogP contribution in [0.2, 0.25) is 0 Å². The molecule has 0 bridgehead atoms. The molecule has 0 radical (unpaired) electrons. The fraction of sp³-hybridized carbons (Fsp3) is 0.391. The van der Waals surface area contributed by atoms with Gasteiger partial charge in [0.2, 0.25) is 0 Å². The first-order valence-electron chi connectivity index (χ1n) is 10.1. The lowest BCUT2D eigenvalue weighted by Crippen LogP contribution is -2.36. The first-order valence-corrected chi connectivity index (χ1v) is 10.1. The summed E-state index contributed by atoms with van der Waals surface area (Å²) < 4.78 is 2.23. The van der Waals surface area contributed by atoms with Crippen molar-refractivity contribution in [3.63, 3.8) is 0 Å². The van der Waals surface area contributed by atoms with Crippen LogP contribution >= 0.6 is 0 Å². The predicted octanol–water partition coefficient (Wildman–Crippen LogP) is 4.36. The Hall–Kier alpha value is -2.62. The highest BCUT2D eigenvalue weighted by molar-refractivity contribution is 6.07. The molecule has 1 N–H and O–H groups in total. The fourth-order valence-electron chi connectivity index (χ4n) is 5.06. The number of dihydropyridines is 1. The van der Waals surface area contributed by atoms with Gasteiger partial charge in [0.05, 0.1) is 0 Å². The van der Waals surface area contributed by atoms with Crippen LogP contribution in [-0.4, -0.2) is 16.1 Å². The lowest BCUT2D eigenvalue weighted by Gasteiger charge is -2.37. The van der Waals surface area contributed by atoms with Crippen LogP contribution in [0, 0.1) is 0 Å². The number of aryl methyl sites for hydroxylation is 1. The van der Waals surface area contributed by atoms with E-state index in [1.54, 1.807) is 0 Å². The smallest absolute Gasteiger partial charge is 0.161 e. The number of carbonyl (C=O) groups is 2. The third-order valence-electron chi connectivity index (χ3n) is 6.26. The van der Waals surface area contributed by atoms with Crippen LogP contribution in [0.15, 0.2) is 53.0 Å². The second-order valence-corrected chi connectivity index (χ2v) is 7.78. The van der Waals surface area contributed by atoms with Gasteiger partial charge in [-0.05, 0) is 44.2 Å². The molecule has 4 heteroatoms. The molecule has 0 atom stereocenters. The second-order valence-electron chi connectivity index (χ2n) is 7.78. The fourth-order valence-corrected chi connectivity index (χ4v) is 5.06. The maximum absolute atomic E-state index is 13.0. The Kier molecular flexibility index (Phi) is 3.81. The number of hydrogen-bond donors (Lipinski definition) is 1. The molecule has 5 rings (SSSR count). The summed E-state index contributed by atoms with van der Waals surface area (Å²) >= 11 is 0. The lowest BCUT2D eigenvalue weighted by molar-refractivity contribution is -0.116. The molecule has 0 saturated carbocycles. The Balaban J connectivity index is 1.80. The average molecular weight is 360 g/mol. The van der Waals surface area contributed by atoms with Crippen molar-refractivity contribution in [3.05, 3.63) is 58.6 Å². The Morgan fingerprint density at radius 1 is 0.963 bits per heavy atom. The largest absolute Gasteiger partial charge is 0.362 e. The number of allylic oxidation sites excluding steroid dienone is 4. The van der Waals surface area contributed by atoms with E-state index in [1.807, 2.05) is 12.1 Å². The SMILES string of the molecule is CCn1cc(C2C3=C(CCCC3=O)NC3=C2C(=O)CCC3)c2ccccc21. The van der Waals surface area contributed by atoms with E-state index in [0.29, 0.717) is 12.8 Å². The van der Waals surface area contributed by atoms with Crippen molar-refractivity contribution in [2.45, 2.75) is 57.9 Å². The van der Waals surface area contributed by atoms with Crippen LogP contribution in [-0.2, 0) is 16.1 Å².